The van der Waals surface area contributed by atoms with Crippen LogP contribution in [0.4, 0.5) is 0 Å². The van der Waals surface area contributed by atoms with Crippen molar-refractivity contribution in [2.24, 2.45) is 0 Å². The first-order valence-corrected chi connectivity index (χ1v) is 12.4. The zero-order chi connectivity index (χ0) is 25.8. The van der Waals surface area contributed by atoms with Gasteiger partial charge in [0.2, 0.25) is 0 Å². The van der Waals surface area contributed by atoms with Crippen LogP contribution in [0.15, 0.2) is 42.0 Å². The Hall–Kier alpha value is -3.52. The molecule has 4 rings (SSSR count). The Morgan fingerprint density at radius 3 is 2.56 bits per heavy atom. The fourth-order valence-corrected chi connectivity index (χ4v) is 4.80. The van der Waals surface area contributed by atoms with E-state index in [1.165, 1.54) is 4.90 Å². The maximum atomic E-state index is 13.3. The van der Waals surface area contributed by atoms with Crippen molar-refractivity contribution in [1.82, 2.24) is 4.90 Å². The maximum absolute atomic E-state index is 13.3. The molecule has 0 saturated carbocycles. The highest BCUT2D eigenvalue weighted by Gasteiger charge is 2.46. The van der Waals surface area contributed by atoms with E-state index in [1.807, 2.05) is 26.8 Å². The zero-order valence-electron chi connectivity index (χ0n) is 21.2. The lowest BCUT2D eigenvalue weighted by molar-refractivity contribution is -0.140. The number of carbonyl (C=O) groups excluding carboxylic acids is 2. The van der Waals surface area contributed by atoms with E-state index in [0.29, 0.717) is 61.8 Å². The molecule has 36 heavy (non-hydrogen) atoms. The lowest BCUT2D eigenvalue weighted by Gasteiger charge is -2.26. The average Bonchev–Trinajstić information content (AvgIpc) is 3.36. The molecule has 0 aliphatic carbocycles. The Morgan fingerprint density at radius 2 is 1.83 bits per heavy atom. The van der Waals surface area contributed by atoms with Crippen molar-refractivity contribution in [3.63, 3.8) is 0 Å². The molecule has 8 heteroatoms. The number of likely N-dealkylation sites (tertiary alicyclic amines) is 1. The van der Waals surface area contributed by atoms with Crippen LogP contribution in [0.1, 0.15) is 49.9 Å². The third kappa shape index (κ3) is 4.91. The molecule has 2 heterocycles. The predicted molar refractivity (Wildman–Crippen MR) is 135 cm³/mol. The molecule has 2 aliphatic rings. The van der Waals surface area contributed by atoms with E-state index in [2.05, 4.69) is 0 Å². The van der Waals surface area contributed by atoms with Crippen LogP contribution in [0.25, 0.3) is 5.76 Å². The van der Waals surface area contributed by atoms with Crippen LogP contribution >= 0.6 is 0 Å². The van der Waals surface area contributed by atoms with E-state index in [-0.39, 0.29) is 17.4 Å². The Balaban J connectivity index is 1.82. The molecule has 1 N–H and O–H groups in total. The molecule has 2 aromatic carbocycles. The fourth-order valence-electron chi connectivity index (χ4n) is 4.80. The van der Waals surface area contributed by atoms with Gasteiger partial charge in [-0.25, -0.2) is 0 Å². The molecule has 2 unspecified atom stereocenters. The predicted octanol–water partition coefficient (Wildman–Crippen LogP) is 4.27. The Bertz CT molecular complexity index is 1170. The molecule has 1 amide bonds. The quantitative estimate of drug-likeness (QED) is 0.228. The number of rotatable bonds is 10. The van der Waals surface area contributed by atoms with E-state index in [0.717, 1.165) is 11.3 Å². The number of nitrogens with zero attached hydrogens (tertiary/aromatic N) is 1. The molecule has 8 nitrogen and oxygen atoms in total. The summed E-state index contributed by atoms with van der Waals surface area (Å²) in [6.45, 7) is 7.36. The lowest BCUT2D eigenvalue weighted by Crippen LogP contribution is -2.31. The molecule has 2 atom stereocenters. The van der Waals surface area contributed by atoms with Gasteiger partial charge < -0.3 is 29.0 Å². The monoisotopic (exact) mass is 495 g/mol. The van der Waals surface area contributed by atoms with E-state index >= 15 is 0 Å². The van der Waals surface area contributed by atoms with Gasteiger partial charge in [0.25, 0.3) is 11.7 Å². The van der Waals surface area contributed by atoms with E-state index in [9.17, 15) is 14.7 Å². The molecule has 192 valence electrons. The van der Waals surface area contributed by atoms with Crippen molar-refractivity contribution in [2.75, 3.05) is 33.5 Å². The summed E-state index contributed by atoms with van der Waals surface area (Å²) in [6.07, 6.45) is 1.30. The van der Waals surface area contributed by atoms with Crippen LogP contribution < -0.4 is 14.2 Å². The standard InChI is InChI=1S/C28H33NO7/c1-5-34-22-11-8-18(16-23(22)35-6-2)25-24(27(31)28(32)29(25)12-7-13-33-4)26(30)19-9-10-21-20(15-19)14-17(3)36-21/h8-11,15-17,25,30H,5-7,12-14H2,1-4H3/b26-24-. The highest BCUT2D eigenvalue weighted by Crippen LogP contribution is 2.43. The van der Waals surface area contributed by atoms with Gasteiger partial charge in [0, 0.05) is 32.2 Å². The molecule has 1 saturated heterocycles. The number of benzene rings is 2. The highest BCUT2D eigenvalue weighted by atomic mass is 16.5. The van der Waals surface area contributed by atoms with Gasteiger partial charge in [0.05, 0.1) is 24.8 Å². The largest absolute Gasteiger partial charge is 0.507 e. The number of hydrogen-bond acceptors (Lipinski definition) is 7. The zero-order valence-corrected chi connectivity index (χ0v) is 21.2. The van der Waals surface area contributed by atoms with Crippen LogP contribution in [0, 0.1) is 0 Å². The summed E-state index contributed by atoms with van der Waals surface area (Å²) in [5.74, 6) is 0.287. The summed E-state index contributed by atoms with van der Waals surface area (Å²) in [5.41, 5.74) is 2.13. The normalized spacial score (nSPS) is 20.4. The molecule has 0 spiro atoms. The van der Waals surface area contributed by atoms with Crippen molar-refractivity contribution < 1.29 is 33.6 Å². The number of ether oxygens (including phenoxy) is 4. The van der Waals surface area contributed by atoms with Crippen LogP contribution in [0.3, 0.4) is 0 Å². The van der Waals surface area contributed by atoms with Crippen molar-refractivity contribution in [1.29, 1.82) is 0 Å². The van der Waals surface area contributed by atoms with Crippen LogP contribution in [-0.2, 0) is 20.7 Å². The van der Waals surface area contributed by atoms with Crippen LogP contribution in [0.2, 0.25) is 0 Å². The average molecular weight is 496 g/mol. The number of aliphatic hydroxyl groups is 1. The van der Waals surface area contributed by atoms with Gasteiger partial charge in [-0.05, 0) is 68.7 Å². The fraction of sp³-hybridized carbons (Fsp3) is 0.429. The third-order valence-corrected chi connectivity index (χ3v) is 6.34. The summed E-state index contributed by atoms with van der Waals surface area (Å²) in [7, 11) is 1.59. The number of fused-ring (bicyclic) bond motifs is 1. The minimum atomic E-state index is -0.778. The van der Waals surface area contributed by atoms with Gasteiger partial charge in [-0.2, -0.15) is 0 Å². The molecule has 1 fully saturated rings. The van der Waals surface area contributed by atoms with Gasteiger partial charge in [-0.15, -0.1) is 0 Å². The van der Waals surface area contributed by atoms with Gasteiger partial charge in [0.15, 0.2) is 11.5 Å². The number of aliphatic hydroxyl groups excluding tert-OH is 1. The smallest absolute Gasteiger partial charge is 0.295 e. The lowest BCUT2D eigenvalue weighted by atomic mass is 9.94. The number of carbonyl (C=O) groups is 2. The van der Waals surface area contributed by atoms with E-state index in [1.54, 1.807) is 37.4 Å². The SMILES string of the molecule is CCOc1ccc(C2/C(=C(/O)c3ccc4c(c3)CC(C)O4)C(=O)C(=O)N2CCCOC)cc1OCC. The van der Waals surface area contributed by atoms with Crippen LogP contribution in [-0.4, -0.2) is 61.3 Å². The summed E-state index contributed by atoms with van der Waals surface area (Å²) in [5, 5.41) is 11.4. The first-order valence-electron chi connectivity index (χ1n) is 12.4. The van der Waals surface area contributed by atoms with Crippen molar-refractivity contribution in [3.05, 3.63) is 58.7 Å². The van der Waals surface area contributed by atoms with Gasteiger partial charge in [0.1, 0.15) is 17.6 Å². The van der Waals surface area contributed by atoms with Crippen LogP contribution in [0.5, 0.6) is 17.2 Å². The summed E-state index contributed by atoms with van der Waals surface area (Å²) < 4.78 is 22.4. The third-order valence-electron chi connectivity index (χ3n) is 6.34. The second-order valence-electron chi connectivity index (χ2n) is 8.87. The van der Waals surface area contributed by atoms with Crippen molar-refractivity contribution >= 4 is 17.4 Å². The van der Waals surface area contributed by atoms with E-state index in [4.69, 9.17) is 18.9 Å². The second kappa shape index (κ2) is 11.0. The number of Topliss-reactive ketones (excluding diaryl/α,β-unsaturated/α-hetero) is 1. The number of hydrogen-bond donors (Lipinski definition) is 1. The number of amides is 1. The second-order valence-corrected chi connectivity index (χ2v) is 8.87. The molecular weight excluding hydrogens is 462 g/mol. The first-order chi connectivity index (χ1) is 17.4. The van der Waals surface area contributed by atoms with Gasteiger partial charge in [-0.1, -0.05) is 6.07 Å². The molecule has 0 radical (unpaired) electrons. The van der Waals surface area contributed by atoms with E-state index < -0.39 is 17.7 Å². The Kier molecular flexibility index (Phi) is 7.84. The van der Waals surface area contributed by atoms with Gasteiger partial charge >= 0.3 is 0 Å². The Morgan fingerprint density at radius 1 is 1.08 bits per heavy atom. The van der Waals surface area contributed by atoms with Crippen molar-refractivity contribution in [2.45, 2.75) is 45.8 Å². The summed E-state index contributed by atoms with van der Waals surface area (Å²) in [6, 6.07) is 9.91. The summed E-state index contributed by atoms with van der Waals surface area (Å²) in [4.78, 5) is 27.9. The maximum Gasteiger partial charge on any atom is 0.295 e. The topological polar surface area (TPSA) is 94.5 Å². The number of methoxy groups -OCH3 is 1. The Labute approximate surface area is 211 Å². The minimum Gasteiger partial charge on any atom is -0.507 e. The van der Waals surface area contributed by atoms with Crippen molar-refractivity contribution in [3.8, 4) is 17.2 Å². The summed E-state index contributed by atoms with van der Waals surface area (Å²) >= 11 is 0. The minimum absolute atomic E-state index is 0.0459. The molecule has 2 aliphatic heterocycles. The molecule has 2 aromatic rings. The molecular formula is C28H33NO7. The number of ketones is 1. The molecule has 0 aromatic heterocycles. The highest BCUT2D eigenvalue weighted by molar-refractivity contribution is 6.46. The van der Waals surface area contributed by atoms with Gasteiger partial charge in [-0.3, -0.25) is 9.59 Å². The first kappa shape index (κ1) is 25.6. The molecule has 0 bridgehead atoms.